The van der Waals surface area contributed by atoms with E-state index in [1.54, 1.807) is 11.3 Å². The van der Waals surface area contributed by atoms with Crippen molar-refractivity contribution in [2.45, 2.75) is 0 Å². The first-order valence-electron chi connectivity index (χ1n) is 22.3. The number of benzene rings is 9. The topological polar surface area (TPSA) is 42.2 Å². The molecule has 3 heterocycles. The Hall–Kier alpha value is -7.60. The van der Waals surface area contributed by atoms with Gasteiger partial charge in [0.25, 0.3) is 0 Å². The predicted octanol–water partition coefficient (Wildman–Crippen LogP) is 15.5. The van der Waals surface area contributed by atoms with Crippen molar-refractivity contribution in [3.8, 4) is 33.8 Å². The fourth-order valence-corrected chi connectivity index (χ4v) is 9.44. The van der Waals surface area contributed by atoms with Gasteiger partial charge in [-0.15, -0.1) is 11.3 Å². The first kappa shape index (κ1) is 27.9. The minimum Gasteiger partial charge on any atom is -0.456 e. The number of fused-ring (bicyclic) bond motifs is 9. The van der Waals surface area contributed by atoms with Crippen molar-refractivity contribution in [1.29, 1.82) is 0 Å². The molecule has 0 fully saturated rings. The third-order valence-corrected chi connectivity index (χ3v) is 12.1. The highest BCUT2D eigenvalue weighted by molar-refractivity contribution is 7.26. The Balaban J connectivity index is 1.13. The molecule has 0 aliphatic heterocycles. The average molecular weight is 778 g/mol. The minimum atomic E-state index is -0.451. The number of anilines is 3. The molecule has 0 spiro atoms. The maximum Gasteiger partial charge on any atom is 0.161 e. The predicted molar refractivity (Wildman–Crippen MR) is 248 cm³/mol. The van der Waals surface area contributed by atoms with E-state index in [0.717, 1.165) is 59.0 Å². The quantitative estimate of drug-likeness (QED) is 0.158. The first-order valence-corrected chi connectivity index (χ1v) is 20.2. The zero-order chi connectivity index (χ0) is 44.1. The number of para-hydroxylation sites is 2. The summed E-state index contributed by atoms with van der Waals surface area (Å²) in [7, 11) is 0. The van der Waals surface area contributed by atoms with Gasteiger partial charge in [-0.05, 0) is 81.8 Å². The maximum atomic E-state index is 10.1. The van der Waals surface area contributed by atoms with Crippen molar-refractivity contribution in [3.05, 3.63) is 200 Å². The monoisotopic (exact) mass is 777 g/mol. The summed E-state index contributed by atoms with van der Waals surface area (Å²) in [6, 6.07) is 53.0. The molecule has 9 aromatic carbocycles. The molecule has 4 nitrogen and oxygen atoms in total. The third kappa shape index (κ3) is 5.51. The van der Waals surface area contributed by atoms with E-state index in [1.807, 2.05) is 103 Å². The van der Waals surface area contributed by atoms with E-state index >= 15 is 0 Å². The molecule has 3 aromatic heterocycles. The van der Waals surface area contributed by atoms with Crippen molar-refractivity contribution in [2.75, 3.05) is 4.90 Å². The van der Waals surface area contributed by atoms with Gasteiger partial charge >= 0.3 is 0 Å². The van der Waals surface area contributed by atoms with E-state index in [0.29, 0.717) is 16.8 Å². The van der Waals surface area contributed by atoms with Crippen molar-refractivity contribution in [1.82, 2.24) is 9.97 Å². The molecular formula is C54H33N3OS. The molecular weight excluding hydrogens is 739 g/mol. The Bertz CT molecular complexity index is 3910. The summed E-state index contributed by atoms with van der Waals surface area (Å²) in [4.78, 5) is 12.6. The normalized spacial score (nSPS) is 13.2. The van der Waals surface area contributed by atoms with Gasteiger partial charge in [-0.1, -0.05) is 146 Å². The van der Waals surface area contributed by atoms with Crippen molar-refractivity contribution in [3.63, 3.8) is 0 Å². The van der Waals surface area contributed by atoms with Gasteiger partial charge in [-0.2, -0.15) is 0 Å². The smallest absolute Gasteiger partial charge is 0.161 e. The Morgan fingerprint density at radius 1 is 0.525 bits per heavy atom. The minimum absolute atomic E-state index is 0.0192. The zero-order valence-electron chi connectivity index (χ0n) is 37.2. The molecule has 0 aliphatic rings. The molecule has 0 aliphatic carbocycles. The van der Waals surface area contributed by atoms with Gasteiger partial charge in [0, 0.05) is 48.7 Å². The number of furan rings is 1. The van der Waals surface area contributed by atoms with E-state index in [4.69, 9.17) is 19.9 Å². The van der Waals surface area contributed by atoms with E-state index in [1.165, 1.54) is 0 Å². The van der Waals surface area contributed by atoms with Crippen LogP contribution in [0.5, 0.6) is 0 Å². The van der Waals surface area contributed by atoms with Crippen LogP contribution in [0.4, 0.5) is 17.1 Å². The molecule has 12 aromatic rings. The second-order valence-electron chi connectivity index (χ2n) is 14.4. The molecule has 0 amide bonds. The summed E-state index contributed by atoms with van der Waals surface area (Å²) in [6.45, 7) is 0. The molecule has 0 N–H and O–H groups in total. The Morgan fingerprint density at radius 3 is 2.03 bits per heavy atom. The van der Waals surface area contributed by atoms with Crippen LogP contribution in [0.2, 0.25) is 0 Å². The maximum absolute atomic E-state index is 10.1. The molecule has 0 unspecified atom stereocenters. The van der Waals surface area contributed by atoms with Crippen molar-refractivity contribution in [2.24, 2.45) is 0 Å². The van der Waals surface area contributed by atoms with Gasteiger partial charge in [-0.25, -0.2) is 9.97 Å². The fraction of sp³-hybridized carbons (Fsp3) is 0. The Labute approximate surface area is 352 Å². The summed E-state index contributed by atoms with van der Waals surface area (Å²) in [5, 5.41) is 5.68. The van der Waals surface area contributed by atoms with Gasteiger partial charge < -0.3 is 9.32 Å². The summed E-state index contributed by atoms with van der Waals surface area (Å²) in [5.74, 6) is 0.182. The molecule has 12 rings (SSSR count). The molecule has 0 radical (unpaired) electrons. The van der Waals surface area contributed by atoms with Crippen LogP contribution in [0.3, 0.4) is 0 Å². The molecule has 0 bridgehead atoms. The van der Waals surface area contributed by atoms with Crippen LogP contribution in [-0.2, 0) is 0 Å². The highest BCUT2D eigenvalue weighted by Gasteiger charge is 2.22. The van der Waals surface area contributed by atoms with Gasteiger partial charge in [0.15, 0.2) is 5.82 Å². The van der Waals surface area contributed by atoms with Crippen LogP contribution < -0.4 is 4.90 Å². The van der Waals surface area contributed by atoms with Gasteiger partial charge in [-0.3, -0.25) is 0 Å². The lowest BCUT2D eigenvalue weighted by atomic mass is 9.97. The number of aromatic nitrogens is 2. The van der Waals surface area contributed by atoms with E-state index in [-0.39, 0.29) is 63.1 Å². The van der Waals surface area contributed by atoms with Crippen LogP contribution in [0, 0.1) is 0 Å². The van der Waals surface area contributed by atoms with Crippen LogP contribution in [-0.4, -0.2) is 9.97 Å². The summed E-state index contributed by atoms with van der Waals surface area (Å²) < 4.78 is 63.3. The lowest BCUT2D eigenvalue weighted by Crippen LogP contribution is -2.10. The molecule has 0 atom stereocenters. The lowest BCUT2D eigenvalue weighted by Gasteiger charge is -2.27. The Kier molecular flexibility index (Phi) is 6.39. The van der Waals surface area contributed by atoms with Crippen LogP contribution in [0.1, 0.15) is 8.22 Å². The third-order valence-electron chi connectivity index (χ3n) is 11.0. The van der Waals surface area contributed by atoms with Gasteiger partial charge in [0.05, 0.1) is 29.8 Å². The second kappa shape index (κ2) is 13.5. The standard InChI is InChI=1S/C54H33N3OS/c1-3-15-35(16-4-1)51-53-52(44-24-12-14-26-49(44)59-53)56-54(55-51)45-31-37(33-48-50(45)43-23-11-13-25-47(43)58-48)34-27-29-39(30-28-34)57(38-18-5-2-6-19-38)46-32-36-17-7-8-20-40(36)41-21-9-10-22-42(41)46/h1-33H/i11D,13D,23D,25D,31D,33D. The number of hydrogen-bond donors (Lipinski definition) is 0. The largest absolute Gasteiger partial charge is 0.456 e. The van der Waals surface area contributed by atoms with Gasteiger partial charge in [0.2, 0.25) is 0 Å². The molecule has 5 heteroatoms. The highest BCUT2D eigenvalue weighted by Crippen LogP contribution is 2.45. The van der Waals surface area contributed by atoms with Gasteiger partial charge in [0.1, 0.15) is 11.2 Å². The van der Waals surface area contributed by atoms with E-state index < -0.39 is 12.1 Å². The zero-order valence-corrected chi connectivity index (χ0v) is 32.1. The Morgan fingerprint density at radius 2 is 1.20 bits per heavy atom. The number of nitrogens with zero attached hydrogens (tertiary/aromatic N) is 3. The summed E-state index contributed by atoms with van der Waals surface area (Å²) >= 11 is 1.59. The molecule has 0 saturated carbocycles. The second-order valence-corrected chi connectivity index (χ2v) is 15.5. The fourth-order valence-electron chi connectivity index (χ4n) is 8.29. The summed E-state index contributed by atoms with van der Waals surface area (Å²) in [6.07, 6.45) is 0. The van der Waals surface area contributed by atoms with Crippen molar-refractivity contribution >= 4 is 92.2 Å². The number of thiophene rings is 1. The number of hydrogen-bond acceptors (Lipinski definition) is 5. The van der Waals surface area contributed by atoms with Crippen LogP contribution in [0.15, 0.2) is 204 Å². The number of rotatable bonds is 6. The average Bonchev–Trinajstić information content (AvgIpc) is 3.94. The van der Waals surface area contributed by atoms with Crippen LogP contribution in [0.25, 0.3) is 97.6 Å². The summed E-state index contributed by atoms with van der Waals surface area (Å²) in [5.41, 5.74) is 5.96. The molecule has 59 heavy (non-hydrogen) atoms. The molecule has 276 valence electrons. The van der Waals surface area contributed by atoms with E-state index in [2.05, 4.69) is 65.6 Å². The van der Waals surface area contributed by atoms with Crippen LogP contribution >= 0.6 is 11.3 Å². The SMILES string of the molecule is [2H]c1c([2H])c([2H])c2c(oc3c([2H])c(-c4ccc(N(c5ccccc5)c5cc6ccccc6c6ccccc56)cc4)c([2H])c(-c4nc(-c5ccccc5)c5sc6ccccc6c5n4)c32)c1[2H]. The highest BCUT2D eigenvalue weighted by atomic mass is 32.1. The molecule has 0 saturated heterocycles. The lowest BCUT2D eigenvalue weighted by molar-refractivity contribution is 0.669. The van der Waals surface area contributed by atoms with Crippen molar-refractivity contribution < 1.29 is 12.6 Å². The first-order chi connectivity index (χ1) is 31.8. The van der Waals surface area contributed by atoms with E-state index in [9.17, 15) is 2.74 Å².